The molecule has 1 aromatic heterocycles. The van der Waals surface area contributed by atoms with Crippen molar-refractivity contribution >= 4 is 45.9 Å². The van der Waals surface area contributed by atoms with Gasteiger partial charge in [-0.3, -0.25) is 5.32 Å². The number of hydrogen-bond acceptors (Lipinski definition) is 6. The maximum atomic E-state index is 12.1. The van der Waals surface area contributed by atoms with Crippen LogP contribution in [0.2, 0.25) is 4.34 Å². The molecule has 1 aromatic rings. The highest BCUT2D eigenvalue weighted by Gasteiger charge is 2.31. The van der Waals surface area contributed by atoms with Crippen molar-refractivity contribution < 1.29 is 23.9 Å². The molecule has 0 aliphatic rings. The van der Waals surface area contributed by atoms with E-state index in [9.17, 15) is 14.4 Å². The number of esters is 2. The summed E-state index contributed by atoms with van der Waals surface area (Å²) in [5.74, 6) is -1.17. The van der Waals surface area contributed by atoms with Gasteiger partial charge in [-0.1, -0.05) is 11.6 Å². The summed E-state index contributed by atoms with van der Waals surface area (Å²) in [6.07, 6.45) is 0. The van der Waals surface area contributed by atoms with E-state index in [-0.39, 0.29) is 17.2 Å². The highest BCUT2D eigenvalue weighted by Crippen LogP contribution is 2.37. The molecule has 0 aromatic carbocycles. The standard InChI is InChI=1S/C14H19ClN2O5S/c1-6-22-11(18)8-7(2)9(15)23-10(8)16-13(20)17-14(3,4)12(19)21-5/h6H2,1-5H3,(H2,16,17,20). The molecule has 0 saturated carbocycles. The van der Waals surface area contributed by atoms with Gasteiger partial charge in [0, 0.05) is 0 Å². The smallest absolute Gasteiger partial charge is 0.341 e. The van der Waals surface area contributed by atoms with E-state index in [1.807, 2.05) is 0 Å². The molecule has 0 spiro atoms. The lowest BCUT2D eigenvalue weighted by molar-refractivity contribution is -0.146. The van der Waals surface area contributed by atoms with Crippen LogP contribution in [0.5, 0.6) is 0 Å². The zero-order valence-electron chi connectivity index (χ0n) is 13.5. The Kier molecular flexibility index (Phi) is 6.40. The van der Waals surface area contributed by atoms with Gasteiger partial charge in [-0.05, 0) is 33.3 Å². The van der Waals surface area contributed by atoms with E-state index >= 15 is 0 Å². The summed E-state index contributed by atoms with van der Waals surface area (Å²) in [6, 6.07) is -0.663. The van der Waals surface area contributed by atoms with Crippen LogP contribution in [0.15, 0.2) is 0 Å². The Labute approximate surface area is 143 Å². The van der Waals surface area contributed by atoms with Crippen LogP contribution in [0, 0.1) is 6.92 Å². The summed E-state index contributed by atoms with van der Waals surface area (Å²) in [4.78, 5) is 35.7. The van der Waals surface area contributed by atoms with Crippen molar-refractivity contribution in [2.45, 2.75) is 33.2 Å². The van der Waals surface area contributed by atoms with Gasteiger partial charge >= 0.3 is 18.0 Å². The summed E-state index contributed by atoms with van der Waals surface area (Å²) in [5, 5.41) is 5.25. The predicted molar refractivity (Wildman–Crippen MR) is 88.3 cm³/mol. The van der Waals surface area contributed by atoms with Gasteiger partial charge in [0.15, 0.2) is 0 Å². The molecule has 2 amide bonds. The van der Waals surface area contributed by atoms with Crippen LogP contribution in [0.4, 0.5) is 9.80 Å². The number of hydrogen-bond donors (Lipinski definition) is 2. The number of amides is 2. The lowest BCUT2D eigenvalue weighted by Crippen LogP contribution is -2.51. The minimum atomic E-state index is -1.22. The second kappa shape index (κ2) is 7.65. The first-order valence-electron chi connectivity index (χ1n) is 6.77. The molecule has 0 saturated heterocycles. The lowest BCUT2D eigenvalue weighted by Gasteiger charge is -2.23. The van der Waals surface area contributed by atoms with E-state index in [4.69, 9.17) is 16.3 Å². The number of methoxy groups -OCH3 is 1. The molecule has 2 N–H and O–H groups in total. The number of anilines is 1. The molecule has 0 atom stereocenters. The molecule has 0 radical (unpaired) electrons. The van der Waals surface area contributed by atoms with Gasteiger partial charge in [-0.2, -0.15) is 0 Å². The Morgan fingerprint density at radius 2 is 1.91 bits per heavy atom. The van der Waals surface area contributed by atoms with Crippen molar-refractivity contribution in [2.24, 2.45) is 0 Å². The largest absolute Gasteiger partial charge is 0.467 e. The Hall–Kier alpha value is -1.80. The van der Waals surface area contributed by atoms with Crippen LogP contribution in [0.1, 0.15) is 36.7 Å². The molecule has 7 nitrogen and oxygen atoms in total. The van der Waals surface area contributed by atoms with E-state index in [2.05, 4.69) is 15.4 Å². The van der Waals surface area contributed by atoms with Gasteiger partial charge in [0.1, 0.15) is 10.5 Å². The first-order chi connectivity index (χ1) is 10.6. The fraction of sp³-hybridized carbons (Fsp3) is 0.500. The average molecular weight is 363 g/mol. The van der Waals surface area contributed by atoms with Crippen molar-refractivity contribution in [2.75, 3.05) is 19.0 Å². The summed E-state index contributed by atoms with van der Waals surface area (Å²) in [5.41, 5.74) is -0.496. The van der Waals surface area contributed by atoms with E-state index in [1.165, 1.54) is 21.0 Å². The van der Waals surface area contributed by atoms with Gasteiger partial charge in [0.05, 0.1) is 23.6 Å². The zero-order chi connectivity index (χ0) is 17.8. The second-order valence-corrected chi connectivity index (χ2v) is 6.74. The molecule has 9 heteroatoms. The molecule has 23 heavy (non-hydrogen) atoms. The van der Waals surface area contributed by atoms with Gasteiger partial charge in [0.2, 0.25) is 0 Å². The number of halogens is 1. The minimum Gasteiger partial charge on any atom is -0.467 e. The number of thiophene rings is 1. The second-order valence-electron chi connectivity index (χ2n) is 5.12. The Bertz CT molecular complexity index is 627. The highest BCUT2D eigenvalue weighted by atomic mass is 35.5. The quantitative estimate of drug-likeness (QED) is 0.785. The normalized spacial score (nSPS) is 10.9. The van der Waals surface area contributed by atoms with Crippen molar-refractivity contribution in [3.05, 3.63) is 15.5 Å². The molecular weight excluding hydrogens is 344 g/mol. The van der Waals surface area contributed by atoms with Crippen molar-refractivity contribution in [1.29, 1.82) is 0 Å². The molecule has 0 aliphatic heterocycles. The maximum absolute atomic E-state index is 12.1. The maximum Gasteiger partial charge on any atom is 0.341 e. The van der Waals surface area contributed by atoms with Crippen LogP contribution in [-0.4, -0.2) is 37.2 Å². The summed E-state index contributed by atoms with van der Waals surface area (Å²) >= 11 is 7.07. The number of nitrogens with one attached hydrogen (secondary N) is 2. The zero-order valence-corrected chi connectivity index (χ0v) is 15.1. The van der Waals surface area contributed by atoms with Crippen molar-refractivity contribution in [1.82, 2.24) is 5.32 Å². The van der Waals surface area contributed by atoms with Crippen LogP contribution in [0.3, 0.4) is 0 Å². The van der Waals surface area contributed by atoms with Gasteiger partial charge in [0.25, 0.3) is 0 Å². The molecular formula is C14H19ClN2O5S. The van der Waals surface area contributed by atoms with E-state index in [0.717, 1.165) is 11.3 Å². The predicted octanol–water partition coefficient (Wildman–Crippen LogP) is 2.96. The van der Waals surface area contributed by atoms with Crippen LogP contribution >= 0.6 is 22.9 Å². The third-order valence-electron chi connectivity index (χ3n) is 2.92. The SMILES string of the molecule is CCOC(=O)c1c(NC(=O)NC(C)(C)C(=O)OC)sc(Cl)c1C. The average Bonchev–Trinajstić information content (AvgIpc) is 2.72. The van der Waals surface area contributed by atoms with Gasteiger partial charge in [-0.15, -0.1) is 11.3 Å². The van der Waals surface area contributed by atoms with Crippen LogP contribution in [-0.2, 0) is 14.3 Å². The number of urea groups is 1. The molecule has 0 aliphatic carbocycles. The third kappa shape index (κ3) is 4.59. The van der Waals surface area contributed by atoms with Crippen molar-refractivity contribution in [3.8, 4) is 0 Å². The summed E-state index contributed by atoms with van der Waals surface area (Å²) < 4.78 is 9.94. The molecule has 1 heterocycles. The number of carbonyl (C=O) groups excluding carboxylic acids is 3. The van der Waals surface area contributed by atoms with E-state index in [1.54, 1.807) is 13.8 Å². The molecule has 1 rings (SSSR count). The number of ether oxygens (including phenoxy) is 2. The van der Waals surface area contributed by atoms with E-state index < -0.39 is 23.5 Å². The Balaban J connectivity index is 2.97. The first-order valence-corrected chi connectivity index (χ1v) is 7.97. The Morgan fingerprint density at radius 3 is 2.43 bits per heavy atom. The number of rotatable bonds is 5. The fourth-order valence-electron chi connectivity index (χ4n) is 1.75. The first kappa shape index (κ1) is 19.2. The van der Waals surface area contributed by atoms with Gasteiger partial charge in [-0.25, -0.2) is 14.4 Å². The monoisotopic (exact) mass is 362 g/mol. The third-order valence-corrected chi connectivity index (χ3v) is 4.43. The lowest BCUT2D eigenvalue weighted by atomic mass is 10.1. The van der Waals surface area contributed by atoms with Gasteiger partial charge < -0.3 is 14.8 Å². The molecule has 0 unspecified atom stereocenters. The van der Waals surface area contributed by atoms with Crippen molar-refractivity contribution in [3.63, 3.8) is 0 Å². The molecule has 128 valence electrons. The highest BCUT2D eigenvalue weighted by molar-refractivity contribution is 7.20. The fourth-order valence-corrected chi connectivity index (χ4v) is 2.99. The van der Waals surface area contributed by atoms with Crippen LogP contribution in [0.25, 0.3) is 0 Å². The van der Waals surface area contributed by atoms with Crippen LogP contribution < -0.4 is 10.6 Å². The summed E-state index contributed by atoms with van der Waals surface area (Å²) in [7, 11) is 1.23. The molecule has 0 bridgehead atoms. The minimum absolute atomic E-state index is 0.201. The molecule has 0 fully saturated rings. The number of carbonyl (C=O) groups is 3. The Morgan fingerprint density at radius 1 is 1.30 bits per heavy atom. The topological polar surface area (TPSA) is 93.7 Å². The van der Waals surface area contributed by atoms with E-state index in [0.29, 0.717) is 9.90 Å². The summed E-state index contributed by atoms with van der Waals surface area (Å²) in [6.45, 7) is 6.54.